The first kappa shape index (κ1) is 13.9. The maximum atomic E-state index is 12.1. The van der Waals surface area contributed by atoms with Crippen molar-refractivity contribution in [1.29, 1.82) is 0 Å². The van der Waals surface area contributed by atoms with Crippen molar-refractivity contribution in [2.45, 2.75) is 11.8 Å². The molecular formula is C9H7Br2N3O2S2. The molecule has 0 unspecified atom stereocenters. The SMILES string of the molecule is Cc1nsc(NS(=O)(=O)c2ccc(Br)cc2Br)n1. The number of nitrogens with one attached hydrogen (secondary N) is 1. The van der Waals surface area contributed by atoms with Crippen LogP contribution in [0, 0.1) is 6.92 Å². The second kappa shape index (κ2) is 5.24. The molecule has 0 aliphatic heterocycles. The fraction of sp³-hybridized carbons (Fsp3) is 0.111. The van der Waals surface area contributed by atoms with Gasteiger partial charge in [-0.2, -0.15) is 4.37 Å². The van der Waals surface area contributed by atoms with Crippen LogP contribution in [0.1, 0.15) is 5.82 Å². The molecule has 1 aromatic heterocycles. The van der Waals surface area contributed by atoms with E-state index in [-0.39, 0.29) is 10.0 Å². The second-order valence-electron chi connectivity index (χ2n) is 3.33. The summed E-state index contributed by atoms with van der Waals surface area (Å²) in [6.07, 6.45) is 0. The van der Waals surface area contributed by atoms with E-state index in [1.807, 2.05) is 0 Å². The molecule has 0 aliphatic rings. The van der Waals surface area contributed by atoms with E-state index >= 15 is 0 Å². The summed E-state index contributed by atoms with van der Waals surface area (Å²) in [5.74, 6) is 0.535. The minimum absolute atomic E-state index is 0.151. The number of aromatic nitrogens is 2. The lowest BCUT2D eigenvalue weighted by atomic mass is 10.4. The van der Waals surface area contributed by atoms with Gasteiger partial charge in [0.05, 0.1) is 0 Å². The van der Waals surface area contributed by atoms with Crippen LogP contribution in [0.3, 0.4) is 0 Å². The van der Waals surface area contributed by atoms with Crippen LogP contribution < -0.4 is 4.72 Å². The third-order valence-electron chi connectivity index (χ3n) is 1.93. The van der Waals surface area contributed by atoms with Crippen LogP contribution in [0.2, 0.25) is 0 Å². The van der Waals surface area contributed by atoms with Crippen LogP contribution in [0.5, 0.6) is 0 Å². The van der Waals surface area contributed by atoms with Gasteiger partial charge in [0, 0.05) is 20.5 Å². The molecule has 0 bridgehead atoms. The minimum atomic E-state index is -3.66. The number of benzene rings is 1. The van der Waals surface area contributed by atoms with Gasteiger partial charge < -0.3 is 0 Å². The van der Waals surface area contributed by atoms with Gasteiger partial charge in [0.15, 0.2) is 0 Å². The van der Waals surface area contributed by atoms with E-state index < -0.39 is 10.0 Å². The zero-order chi connectivity index (χ0) is 13.3. The Labute approximate surface area is 125 Å². The summed E-state index contributed by atoms with van der Waals surface area (Å²) in [7, 11) is -3.66. The number of hydrogen-bond donors (Lipinski definition) is 1. The molecule has 18 heavy (non-hydrogen) atoms. The zero-order valence-electron chi connectivity index (χ0n) is 9.02. The predicted octanol–water partition coefficient (Wildman–Crippen LogP) is 3.17. The second-order valence-corrected chi connectivity index (χ2v) is 7.50. The predicted molar refractivity (Wildman–Crippen MR) is 77.3 cm³/mol. The van der Waals surface area contributed by atoms with E-state index in [2.05, 4.69) is 45.9 Å². The summed E-state index contributed by atoms with van der Waals surface area (Å²) in [6, 6.07) is 4.83. The molecule has 0 saturated heterocycles. The molecule has 2 aromatic rings. The summed E-state index contributed by atoms with van der Waals surface area (Å²) in [4.78, 5) is 4.11. The van der Waals surface area contributed by atoms with Gasteiger partial charge in [-0.25, -0.2) is 13.4 Å². The van der Waals surface area contributed by atoms with Crippen LogP contribution in [0.25, 0.3) is 0 Å². The fourth-order valence-electron chi connectivity index (χ4n) is 1.20. The van der Waals surface area contributed by atoms with E-state index in [0.29, 0.717) is 10.3 Å². The standard InChI is InChI=1S/C9H7Br2N3O2S2/c1-5-12-9(17-13-5)14-18(15,16)8-3-2-6(10)4-7(8)11/h2-4H,1H3,(H,12,13,14). The van der Waals surface area contributed by atoms with Crippen LogP contribution in [0.4, 0.5) is 5.13 Å². The molecule has 9 heteroatoms. The highest BCUT2D eigenvalue weighted by atomic mass is 79.9. The van der Waals surface area contributed by atoms with Crippen LogP contribution in [0.15, 0.2) is 32.0 Å². The van der Waals surface area contributed by atoms with Gasteiger partial charge in [0.25, 0.3) is 10.0 Å². The van der Waals surface area contributed by atoms with E-state index in [1.165, 1.54) is 6.07 Å². The van der Waals surface area contributed by atoms with E-state index in [9.17, 15) is 8.42 Å². The Morgan fingerprint density at radius 1 is 1.33 bits per heavy atom. The van der Waals surface area contributed by atoms with Crippen molar-refractivity contribution in [3.05, 3.63) is 33.0 Å². The van der Waals surface area contributed by atoms with Crippen molar-refractivity contribution < 1.29 is 8.42 Å². The fourth-order valence-corrected chi connectivity index (χ4v) is 4.75. The van der Waals surface area contributed by atoms with Gasteiger partial charge in [0.2, 0.25) is 5.13 Å². The molecule has 2 rings (SSSR count). The lowest BCUT2D eigenvalue weighted by molar-refractivity contribution is 0.600. The molecule has 96 valence electrons. The summed E-state index contributed by atoms with van der Waals surface area (Å²) in [5, 5.41) is 0.252. The third kappa shape index (κ3) is 3.08. The van der Waals surface area contributed by atoms with E-state index in [0.717, 1.165) is 16.0 Å². The average molecular weight is 413 g/mol. The first-order valence-corrected chi connectivity index (χ1v) is 8.51. The summed E-state index contributed by atoms with van der Waals surface area (Å²) in [6.45, 7) is 1.70. The quantitative estimate of drug-likeness (QED) is 0.840. The highest BCUT2D eigenvalue weighted by Gasteiger charge is 2.19. The maximum Gasteiger partial charge on any atom is 0.264 e. The van der Waals surface area contributed by atoms with Gasteiger partial charge in [-0.3, -0.25) is 4.72 Å². The van der Waals surface area contributed by atoms with E-state index in [1.54, 1.807) is 19.1 Å². The monoisotopic (exact) mass is 411 g/mol. The Kier molecular flexibility index (Phi) is 4.05. The molecule has 0 radical (unpaired) electrons. The number of rotatable bonds is 3. The minimum Gasteiger partial charge on any atom is -0.253 e. The molecule has 0 amide bonds. The molecule has 1 aromatic carbocycles. The number of nitrogens with zero attached hydrogens (tertiary/aromatic N) is 2. The molecule has 1 N–H and O–H groups in total. The Morgan fingerprint density at radius 2 is 2.06 bits per heavy atom. The topological polar surface area (TPSA) is 72.0 Å². The Bertz CT molecular complexity index is 685. The van der Waals surface area contributed by atoms with Crippen LogP contribution in [-0.2, 0) is 10.0 Å². The number of halogens is 2. The molecule has 0 atom stereocenters. The van der Waals surface area contributed by atoms with Crippen molar-refractivity contribution in [3.63, 3.8) is 0 Å². The van der Waals surface area contributed by atoms with Crippen molar-refractivity contribution in [2.24, 2.45) is 0 Å². The number of anilines is 1. The van der Waals surface area contributed by atoms with Gasteiger partial charge in [-0.1, -0.05) is 15.9 Å². The van der Waals surface area contributed by atoms with Crippen molar-refractivity contribution in [2.75, 3.05) is 4.72 Å². The number of hydrogen-bond acceptors (Lipinski definition) is 5. The molecule has 1 heterocycles. The normalized spacial score (nSPS) is 11.5. The lowest BCUT2D eigenvalue weighted by Crippen LogP contribution is -2.13. The summed E-state index contributed by atoms with van der Waals surface area (Å²) >= 11 is 7.49. The summed E-state index contributed by atoms with van der Waals surface area (Å²) in [5.41, 5.74) is 0. The van der Waals surface area contributed by atoms with Gasteiger partial charge >= 0.3 is 0 Å². The van der Waals surface area contributed by atoms with Crippen LogP contribution in [-0.4, -0.2) is 17.8 Å². The molecule has 0 fully saturated rings. The largest absolute Gasteiger partial charge is 0.264 e. The van der Waals surface area contributed by atoms with Crippen LogP contribution >= 0.6 is 43.4 Å². The lowest BCUT2D eigenvalue weighted by Gasteiger charge is -2.07. The van der Waals surface area contributed by atoms with Crippen molar-refractivity contribution in [1.82, 2.24) is 9.36 Å². The molecule has 0 saturated carbocycles. The third-order valence-corrected chi connectivity index (χ3v) is 5.59. The summed E-state index contributed by atoms with van der Waals surface area (Å²) < 4.78 is 31.8. The number of sulfonamides is 1. The molecule has 0 spiro atoms. The highest BCUT2D eigenvalue weighted by Crippen LogP contribution is 2.27. The Hall–Kier alpha value is -0.510. The van der Waals surface area contributed by atoms with Crippen molar-refractivity contribution >= 4 is 58.5 Å². The first-order valence-electron chi connectivity index (χ1n) is 4.67. The van der Waals surface area contributed by atoms with Crippen molar-refractivity contribution in [3.8, 4) is 0 Å². The smallest absolute Gasteiger partial charge is 0.253 e. The maximum absolute atomic E-state index is 12.1. The molecular weight excluding hydrogens is 406 g/mol. The van der Waals surface area contributed by atoms with Gasteiger partial charge in [-0.05, 0) is 41.1 Å². The Balaban J connectivity index is 2.36. The molecule has 5 nitrogen and oxygen atoms in total. The Morgan fingerprint density at radius 3 is 2.61 bits per heavy atom. The van der Waals surface area contributed by atoms with Gasteiger partial charge in [-0.15, -0.1) is 0 Å². The molecule has 0 aliphatic carbocycles. The van der Waals surface area contributed by atoms with E-state index in [4.69, 9.17) is 0 Å². The average Bonchev–Trinajstić information content (AvgIpc) is 2.62. The highest BCUT2D eigenvalue weighted by molar-refractivity contribution is 9.11. The van der Waals surface area contributed by atoms with Gasteiger partial charge in [0.1, 0.15) is 10.7 Å². The number of aryl methyl sites for hydroxylation is 1. The first-order chi connectivity index (χ1) is 8.38. The zero-order valence-corrected chi connectivity index (χ0v) is 13.8.